The van der Waals surface area contributed by atoms with Gasteiger partial charge in [0.25, 0.3) is 0 Å². The third-order valence-electron chi connectivity index (χ3n) is 2.88. The highest BCUT2D eigenvalue weighted by atomic mass is 16.4. The van der Waals surface area contributed by atoms with E-state index >= 15 is 0 Å². The van der Waals surface area contributed by atoms with Crippen LogP contribution in [0.3, 0.4) is 0 Å². The Morgan fingerprint density at radius 3 is 2.82 bits per heavy atom. The van der Waals surface area contributed by atoms with Gasteiger partial charge >= 0.3 is 12.0 Å². The standard InChI is InChI=1S/C12H20N2O3/c1-2-10(11(15)16)14-12(17)13-8-7-9-5-3-4-6-9/h5,10H,2-4,6-8H2,1H3,(H,15,16)(H2,13,14,17)/t10-/m0/s1. The molecule has 96 valence electrons. The highest BCUT2D eigenvalue weighted by molar-refractivity contribution is 5.82. The number of hydrogen-bond donors (Lipinski definition) is 3. The summed E-state index contributed by atoms with van der Waals surface area (Å²) in [6.45, 7) is 2.29. The Balaban J connectivity index is 2.18. The van der Waals surface area contributed by atoms with Crippen LogP contribution in [0.25, 0.3) is 0 Å². The fraction of sp³-hybridized carbons (Fsp3) is 0.667. The fourth-order valence-corrected chi connectivity index (χ4v) is 1.85. The number of amides is 2. The Bertz CT molecular complexity index is 313. The first-order valence-corrected chi connectivity index (χ1v) is 6.08. The van der Waals surface area contributed by atoms with Crippen LogP contribution in [0.1, 0.15) is 39.0 Å². The maximum atomic E-state index is 11.4. The number of carboxylic acids is 1. The minimum Gasteiger partial charge on any atom is -0.480 e. The van der Waals surface area contributed by atoms with Gasteiger partial charge in [-0.3, -0.25) is 0 Å². The fourth-order valence-electron chi connectivity index (χ4n) is 1.85. The summed E-state index contributed by atoms with van der Waals surface area (Å²) in [6, 6.07) is -1.21. The molecule has 0 fully saturated rings. The van der Waals surface area contributed by atoms with Crippen molar-refractivity contribution in [3.05, 3.63) is 11.6 Å². The number of aliphatic carboxylic acids is 1. The highest BCUT2D eigenvalue weighted by Gasteiger charge is 2.16. The SMILES string of the molecule is CC[C@H](NC(=O)NCCC1=CCCC1)C(=O)O. The maximum Gasteiger partial charge on any atom is 0.326 e. The molecule has 2 amide bonds. The number of carbonyl (C=O) groups excluding carboxylic acids is 1. The predicted octanol–water partition coefficient (Wildman–Crippen LogP) is 1.65. The van der Waals surface area contributed by atoms with Crippen LogP contribution in [-0.4, -0.2) is 29.7 Å². The second kappa shape index (κ2) is 6.93. The number of carboxylic acid groups (broad SMARTS) is 1. The maximum absolute atomic E-state index is 11.4. The zero-order valence-corrected chi connectivity index (χ0v) is 10.2. The molecule has 1 aliphatic rings. The lowest BCUT2D eigenvalue weighted by Gasteiger charge is -2.13. The van der Waals surface area contributed by atoms with Gasteiger partial charge in [0.2, 0.25) is 0 Å². The minimum absolute atomic E-state index is 0.383. The van der Waals surface area contributed by atoms with Gasteiger partial charge in [-0.25, -0.2) is 9.59 Å². The second-order valence-corrected chi connectivity index (χ2v) is 4.20. The largest absolute Gasteiger partial charge is 0.480 e. The van der Waals surface area contributed by atoms with E-state index in [1.165, 1.54) is 12.0 Å². The molecule has 0 spiro atoms. The van der Waals surface area contributed by atoms with Gasteiger partial charge in [-0.15, -0.1) is 0 Å². The van der Waals surface area contributed by atoms with Crippen molar-refractivity contribution in [2.45, 2.75) is 45.1 Å². The van der Waals surface area contributed by atoms with Gasteiger partial charge < -0.3 is 15.7 Å². The van der Waals surface area contributed by atoms with Crippen LogP contribution in [0, 0.1) is 0 Å². The van der Waals surface area contributed by atoms with Crippen LogP contribution in [0.4, 0.5) is 4.79 Å². The van der Waals surface area contributed by atoms with E-state index in [1.54, 1.807) is 6.92 Å². The first kappa shape index (κ1) is 13.5. The monoisotopic (exact) mass is 240 g/mol. The first-order valence-electron chi connectivity index (χ1n) is 6.08. The summed E-state index contributed by atoms with van der Waals surface area (Å²) in [5, 5.41) is 13.9. The van der Waals surface area contributed by atoms with Gasteiger partial charge in [0.05, 0.1) is 0 Å². The van der Waals surface area contributed by atoms with E-state index in [9.17, 15) is 9.59 Å². The molecule has 5 nitrogen and oxygen atoms in total. The molecule has 1 aliphatic carbocycles. The molecule has 0 saturated carbocycles. The zero-order valence-electron chi connectivity index (χ0n) is 10.2. The average molecular weight is 240 g/mol. The summed E-state index contributed by atoms with van der Waals surface area (Å²) in [5.41, 5.74) is 1.38. The molecule has 5 heteroatoms. The zero-order chi connectivity index (χ0) is 12.7. The molecule has 0 bridgehead atoms. The average Bonchev–Trinajstić information content (AvgIpc) is 2.78. The lowest BCUT2D eigenvalue weighted by Crippen LogP contribution is -2.45. The van der Waals surface area contributed by atoms with Crippen LogP contribution in [0.15, 0.2) is 11.6 Å². The van der Waals surface area contributed by atoms with Crippen molar-refractivity contribution in [1.82, 2.24) is 10.6 Å². The Kier molecular flexibility index (Phi) is 5.52. The molecule has 0 aromatic heterocycles. The molecule has 0 heterocycles. The Morgan fingerprint density at radius 1 is 1.53 bits per heavy atom. The number of carbonyl (C=O) groups is 2. The number of hydrogen-bond acceptors (Lipinski definition) is 2. The van der Waals surface area contributed by atoms with Crippen molar-refractivity contribution >= 4 is 12.0 Å². The van der Waals surface area contributed by atoms with E-state index in [2.05, 4.69) is 16.7 Å². The van der Waals surface area contributed by atoms with Crippen molar-refractivity contribution in [3.8, 4) is 0 Å². The number of allylic oxidation sites excluding steroid dienone is 1. The minimum atomic E-state index is -0.999. The van der Waals surface area contributed by atoms with E-state index < -0.39 is 18.0 Å². The van der Waals surface area contributed by atoms with Crippen molar-refractivity contribution in [3.63, 3.8) is 0 Å². The van der Waals surface area contributed by atoms with Crippen LogP contribution < -0.4 is 10.6 Å². The van der Waals surface area contributed by atoms with Gasteiger partial charge in [0.15, 0.2) is 0 Å². The third kappa shape index (κ3) is 4.89. The number of urea groups is 1. The molecule has 0 aromatic rings. The third-order valence-corrected chi connectivity index (χ3v) is 2.88. The summed E-state index contributed by atoms with van der Waals surface area (Å²) in [4.78, 5) is 22.1. The first-order chi connectivity index (χ1) is 8.13. The topological polar surface area (TPSA) is 78.4 Å². The lowest BCUT2D eigenvalue weighted by molar-refractivity contribution is -0.139. The van der Waals surface area contributed by atoms with Gasteiger partial charge in [0.1, 0.15) is 6.04 Å². The second-order valence-electron chi connectivity index (χ2n) is 4.20. The van der Waals surface area contributed by atoms with E-state index in [0.29, 0.717) is 13.0 Å². The molecule has 3 N–H and O–H groups in total. The van der Waals surface area contributed by atoms with Crippen molar-refractivity contribution in [1.29, 1.82) is 0 Å². The molecule has 0 aromatic carbocycles. The summed E-state index contributed by atoms with van der Waals surface area (Å²) in [5.74, 6) is -0.999. The van der Waals surface area contributed by atoms with Crippen molar-refractivity contribution in [2.24, 2.45) is 0 Å². The Morgan fingerprint density at radius 2 is 2.29 bits per heavy atom. The molecule has 0 aliphatic heterocycles. The van der Waals surface area contributed by atoms with Gasteiger partial charge in [0, 0.05) is 6.54 Å². The van der Waals surface area contributed by atoms with Crippen LogP contribution >= 0.6 is 0 Å². The van der Waals surface area contributed by atoms with Gasteiger partial charge in [-0.1, -0.05) is 18.6 Å². The quantitative estimate of drug-likeness (QED) is 0.618. The number of nitrogens with one attached hydrogen (secondary N) is 2. The number of rotatable bonds is 6. The summed E-state index contributed by atoms with van der Waals surface area (Å²) >= 11 is 0. The van der Waals surface area contributed by atoms with Crippen LogP contribution in [-0.2, 0) is 4.79 Å². The van der Waals surface area contributed by atoms with E-state index in [-0.39, 0.29) is 0 Å². The van der Waals surface area contributed by atoms with Gasteiger partial charge in [-0.2, -0.15) is 0 Å². The summed E-state index contributed by atoms with van der Waals surface area (Å²) in [6.07, 6.45) is 6.92. The Labute approximate surface area is 101 Å². The molecule has 0 saturated heterocycles. The summed E-state index contributed by atoms with van der Waals surface area (Å²) in [7, 11) is 0. The molecule has 1 rings (SSSR count). The van der Waals surface area contributed by atoms with Crippen LogP contribution in [0.5, 0.6) is 0 Å². The molecule has 1 atom stereocenters. The molecular formula is C12H20N2O3. The Hall–Kier alpha value is -1.52. The molecule has 0 unspecified atom stereocenters. The van der Waals surface area contributed by atoms with E-state index in [0.717, 1.165) is 19.3 Å². The smallest absolute Gasteiger partial charge is 0.326 e. The van der Waals surface area contributed by atoms with Crippen LogP contribution in [0.2, 0.25) is 0 Å². The van der Waals surface area contributed by atoms with Gasteiger partial charge in [-0.05, 0) is 32.1 Å². The lowest BCUT2D eigenvalue weighted by atomic mass is 10.2. The van der Waals surface area contributed by atoms with Crippen molar-refractivity contribution in [2.75, 3.05) is 6.54 Å². The van der Waals surface area contributed by atoms with E-state index in [1.807, 2.05) is 0 Å². The summed E-state index contributed by atoms with van der Waals surface area (Å²) < 4.78 is 0. The molecule has 0 radical (unpaired) electrons. The van der Waals surface area contributed by atoms with Crippen molar-refractivity contribution < 1.29 is 14.7 Å². The predicted molar refractivity (Wildman–Crippen MR) is 64.8 cm³/mol. The molecular weight excluding hydrogens is 220 g/mol. The van der Waals surface area contributed by atoms with E-state index in [4.69, 9.17) is 5.11 Å². The normalized spacial score (nSPS) is 16.2. The highest BCUT2D eigenvalue weighted by Crippen LogP contribution is 2.19. The molecule has 17 heavy (non-hydrogen) atoms.